The SMILES string of the molecule is CCn1cc(CN2C[C@@H]3[C@@H](CNc4ncccn4)CO[C@@H]3C2)cn1.O=C(O)C(F)(F)F.O=C(O)C(F)(F)F. The highest BCUT2D eigenvalue weighted by Gasteiger charge is 2.43. The summed E-state index contributed by atoms with van der Waals surface area (Å²) in [7, 11) is 0. The Balaban J connectivity index is 0.000000301. The molecule has 2 aliphatic heterocycles. The van der Waals surface area contributed by atoms with Gasteiger partial charge in [0.1, 0.15) is 0 Å². The van der Waals surface area contributed by atoms with Crippen LogP contribution in [-0.4, -0.2) is 91.5 Å². The monoisotopic (exact) mass is 556 g/mol. The largest absolute Gasteiger partial charge is 0.490 e. The van der Waals surface area contributed by atoms with Crippen molar-refractivity contribution >= 4 is 17.9 Å². The zero-order valence-corrected chi connectivity index (χ0v) is 20.0. The number of carboxylic acids is 2. The van der Waals surface area contributed by atoms with E-state index in [0.717, 1.165) is 39.3 Å². The van der Waals surface area contributed by atoms with Crippen LogP contribution in [0.5, 0.6) is 0 Å². The maximum atomic E-state index is 10.6. The molecular weight excluding hydrogens is 530 g/mol. The summed E-state index contributed by atoms with van der Waals surface area (Å²) in [5, 5.41) is 22.0. The van der Waals surface area contributed by atoms with Crippen molar-refractivity contribution < 1.29 is 50.9 Å². The van der Waals surface area contributed by atoms with Gasteiger partial charge < -0.3 is 20.3 Å². The second-order valence-electron chi connectivity index (χ2n) is 8.25. The molecule has 2 aliphatic rings. The summed E-state index contributed by atoms with van der Waals surface area (Å²) in [6.45, 7) is 7.79. The van der Waals surface area contributed by atoms with Gasteiger partial charge in [0.05, 0.1) is 18.9 Å². The lowest BCUT2D eigenvalue weighted by Gasteiger charge is -2.19. The van der Waals surface area contributed by atoms with Gasteiger partial charge in [-0.15, -0.1) is 0 Å². The third-order valence-corrected chi connectivity index (χ3v) is 5.50. The highest BCUT2D eigenvalue weighted by Crippen LogP contribution is 2.34. The van der Waals surface area contributed by atoms with Crippen molar-refractivity contribution in [1.29, 1.82) is 0 Å². The van der Waals surface area contributed by atoms with Crippen molar-refractivity contribution in [1.82, 2.24) is 24.6 Å². The first kappa shape index (κ1) is 30.8. The lowest BCUT2D eigenvalue weighted by atomic mass is 9.93. The molecule has 4 heterocycles. The van der Waals surface area contributed by atoms with E-state index < -0.39 is 24.3 Å². The molecule has 0 bridgehead atoms. The highest BCUT2D eigenvalue weighted by atomic mass is 19.4. The Morgan fingerprint density at radius 1 is 1.08 bits per heavy atom. The fourth-order valence-corrected chi connectivity index (χ4v) is 3.75. The van der Waals surface area contributed by atoms with E-state index >= 15 is 0 Å². The number of carboxylic acid groups (broad SMARTS) is 2. The molecule has 3 atom stereocenters. The normalized spacial score (nSPS) is 21.0. The number of halogens is 6. The second kappa shape index (κ2) is 13.4. The lowest BCUT2D eigenvalue weighted by Crippen LogP contribution is -2.27. The summed E-state index contributed by atoms with van der Waals surface area (Å²) in [5.74, 6) is -3.72. The zero-order valence-electron chi connectivity index (χ0n) is 20.0. The van der Waals surface area contributed by atoms with E-state index in [-0.39, 0.29) is 0 Å². The molecule has 0 amide bonds. The van der Waals surface area contributed by atoms with E-state index in [1.165, 1.54) is 5.56 Å². The average Bonchev–Trinajstić information content (AvgIpc) is 3.55. The van der Waals surface area contributed by atoms with E-state index in [4.69, 9.17) is 24.5 Å². The van der Waals surface area contributed by atoms with E-state index in [2.05, 4.69) is 38.4 Å². The van der Waals surface area contributed by atoms with Crippen molar-refractivity contribution in [2.75, 3.05) is 31.6 Å². The van der Waals surface area contributed by atoms with Crippen molar-refractivity contribution in [3.63, 3.8) is 0 Å². The average molecular weight is 556 g/mol. The molecule has 2 aromatic rings. The topological polar surface area (TPSA) is 143 Å². The molecule has 2 aromatic heterocycles. The van der Waals surface area contributed by atoms with Gasteiger partial charge in [-0.05, 0) is 13.0 Å². The number of alkyl halides is 6. The molecular formula is C21H26F6N6O5. The predicted octanol–water partition coefficient (Wildman–Crippen LogP) is 2.52. The first-order chi connectivity index (χ1) is 17.7. The van der Waals surface area contributed by atoms with E-state index in [9.17, 15) is 26.3 Å². The number of aliphatic carboxylic acids is 2. The first-order valence-corrected chi connectivity index (χ1v) is 11.2. The number of hydrogen-bond acceptors (Lipinski definition) is 8. The predicted molar refractivity (Wildman–Crippen MR) is 118 cm³/mol. The van der Waals surface area contributed by atoms with Gasteiger partial charge in [-0.2, -0.15) is 31.4 Å². The molecule has 38 heavy (non-hydrogen) atoms. The number of carbonyl (C=O) groups is 2. The fourth-order valence-electron chi connectivity index (χ4n) is 3.75. The number of fused-ring (bicyclic) bond motifs is 1. The minimum atomic E-state index is -5.08. The Bertz CT molecular complexity index is 1010. The van der Waals surface area contributed by atoms with Gasteiger partial charge in [0.2, 0.25) is 5.95 Å². The van der Waals surface area contributed by atoms with Crippen LogP contribution in [0.25, 0.3) is 0 Å². The standard InChI is InChI=1S/C17H24N6O.2C2HF3O2/c1-2-23-9-13(6-21-23)8-22-10-15-14(12-24-16(15)11-22)7-20-17-18-4-3-5-19-17;2*3-2(4,5)1(6)7/h3-6,9,14-16H,2,7-8,10-12H2,1H3,(H,18,19,20);2*(H,6,7)/t14-,15+,16+;;/m0../s1. The van der Waals surface area contributed by atoms with Crippen molar-refractivity contribution in [3.8, 4) is 0 Å². The molecule has 2 fully saturated rings. The van der Waals surface area contributed by atoms with Crippen LogP contribution < -0.4 is 5.32 Å². The number of hydrogen-bond donors (Lipinski definition) is 3. The van der Waals surface area contributed by atoms with E-state index in [1.54, 1.807) is 12.4 Å². The summed E-state index contributed by atoms with van der Waals surface area (Å²) in [5.41, 5.74) is 1.28. The number of nitrogens with one attached hydrogen (secondary N) is 1. The number of anilines is 1. The Kier molecular flexibility index (Phi) is 10.8. The Morgan fingerprint density at radius 3 is 2.16 bits per heavy atom. The van der Waals surface area contributed by atoms with Gasteiger partial charge in [0.25, 0.3) is 0 Å². The zero-order chi connectivity index (χ0) is 28.5. The van der Waals surface area contributed by atoms with Crippen LogP contribution in [0, 0.1) is 11.8 Å². The number of rotatable bonds is 6. The molecule has 2 saturated heterocycles. The number of aromatic nitrogens is 4. The minimum absolute atomic E-state index is 0.356. The van der Waals surface area contributed by atoms with Crippen LogP contribution in [0.3, 0.4) is 0 Å². The second-order valence-corrected chi connectivity index (χ2v) is 8.25. The van der Waals surface area contributed by atoms with Gasteiger partial charge in [-0.25, -0.2) is 19.6 Å². The summed E-state index contributed by atoms with van der Waals surface area (Å²) in [6.07, 6.45) is -2.17. The van der Waals surface area contributed by atoms with Crippen molar-refractivity contribution in [2.24, 2.45) is 11.8 Å². The molecule has 17 heteroatoms. The molecule has 0 radical (unpaired) electrons. The van der Waals surface area contributed by atoms with Gasteiger partial charge in [0.15, 0.2) is 0 Å². The molecule has 0 aromatic carbocycles. The minimum Gasteiger partial charge on any atom is -0.475 e. The van der Waals surface area contributed by atoms with Crippen molar-refractivity contribution in [3.05, 3.63) is 36.4 Å². The summed E-state index contributed by atoms with van der Waals surface area (Å²) in [6, 6.07) is 1.83. The summed E-state index contributed by atoms with van der Waals surface area (Å²) >= 11 is 0. The third kappa shape index (κ3) is 9.77. The Labute approximate surface area is 212 Å². The van der Waals surface area contributed by atoms with Crippen LogP contribution in [0.4, 0.5) is 32.3 Å². The number of likely N-dealkylation sites (tertiary alicyclic amines) is 1. The van der Waals surface area contributed by atoms with Crippen LogP contribution in [0.2, 0.25) is 0 Å². The summed E-state index contributed by atoms with van der Waals surface area (Å²) in [4.78, 5) is 28.7. The molecule has 11 nitrogen and oxygen atoms in total. The van der Waals surface area contributed by atoms with Gasteiger partial charge in [0, 0.05) is 68.7 Å². The maximum Gasteiger partial charge on any atom is 0.490 e. The molecule has 4 rings (SSSR count). The highest BCUT2D eigenvalue weighted by molar-refractivity contribution is 5.73. The number of nitrogens with zero attached hydrogens (tertiary/aromatic N) is 5. The fraction of sp³-hybridized carbons (Fsp3) is 0.571. The Morgan fingerprint density at radius 2 is 1.66 bits per heavy atom. The first-order valence-electron chi connectivity index (χ1n) is 11.2. The lowest BCUT2D eigenvalue weighted by molar-refractivity contribution is -0.193. The number of aryl methyl sites for hydroxylation is 1. The Hall–Kier alpha value is -3.47. The third-order valence-electron chi connectivity index (χ3n) is 5.50. The molecule has 0 saturated carbocycles. The molecule has 0 spiro atoms. The smallest absolute Gasteiger partial charge is 0.475 e. The molecule has 3 N–H and O–H groups in total. The van der Waals surface area contributed by atoms with Crippen LogP contribution in [0.15, 0.2) is 30.9 Å². The van der Waals surface area contributed by atoms with Crippen LogP contribution in [0.1, 0.15) is 12.5 Å². The van der Waals surface area contributed by atoms with Crippen molar-refractivity contribution in [2.45, 2.75) is 38.5 Å². The molecule has 0 aliphatic carbocycles. The number of ether oxygens (including phenoxy) is 1. The van der Waals surface area contributed by atoms with E-state index in [1.807, 2.05) is 16.9 Å². The quantitative estimate of drug-likeness (QED) is 0.455. The summed E-state index contributed by atoms with van der Waals surface area (Å²) < 4.78 is 71.5. The van der Waals surface area contributed by atoms with Gasteiger partial charge >= 0.3 is 24.3 Å². The van der Waals surface area contributed by atoms with Crippen LogP contribution in [-0.2, 0) is 27.4 Å². The molecule has 0 unspecified atom stereocenters. The van der Waals surface area contributed by atoms with Gasteiger partial charge in [-0.3, -0.25) is 9.58 Å². The maximum absolute atomic E-state index is 10.6. The van der Waals surface area contributed by atoms with Crippen LogP contribution >= 0.6 is 0 Å². The molecule has 212 valence electrons. The van der Waals surface area contributed by atoms with E-state index in [0.29, 0.717) is 23.9 Å². The van der Waals surface area contributed by atoms with Gasteiger partial charge in [-0.1, -0.05) is 0 Å².